The fourth-order valence-electron chi connectivity index (χ4n) is 0.356. The van der Waals surface area contributed by atoms with Crippen molar-refractivity contribution >= 4 is 0 Å². The Morgan fingerprint density at radius 1 is 1.00 bits per heavy atom. The number of hydrogen-bond donors (Lipinski definition) is 0. The van der Waals surface area contributed by atoms with E-state index in [4.69, 9.17) is 4.74 Å². The maximum absolute atomic E-state index is 4.97. The topological polar surface area (TPSA) is 9.23 Å². The smallest absolute Gasteiger partial charge is 0.0903 e. The van der Waals surface area contributed by atoms with Crippen LogP contribution in [0.3, 0.4) is 0 Å². The van der Waals surface area contributed by atoms with Gasteiger partial charge in [-0.25, -0.2) is 0 Å². The van der Waals surface area contributed by atoms with E-state index in [-0.39, 0.29) is 0 Å². The van der Waals surface area contributed by atoms with Gasteiger partial charge in [-0.15, -0.1) is 0 Å². The highest BCUT2D eigenvalue weighted by atomic mass is 16.5. The van der Waals surface area contributed by atoms with E-state index >= 15 is 0 Å². The van der Waals surface area contributed by atoms with Gasteiger partial charge in [0.25, 0.3) is 0 Å². The molecule has 60 valence electrons. The maximum atomic E-state index is 4.97. The molecule has 0 aromatic carbocycles. The maximum Gasteiger partial charge on any atom is 0.0903 e. The van der Waals surface area contributed by atoms with E-state index in [2.05, 4.69) is 13.2 Å². The molecule has 0 atom stereocenters. The zero-order valence-electron chi connectivity index (χ0n) is 7.13. The van der Waals surface area contributed by atoms with Crippen molar-refractivity contribution in [1.29, 1.82) is 0 Å². The van der Waals surface area contributed by atoms with Crippen molar-refractivity contribution in [2.45, 2.75) is 13.8 Å². The van der Waals surface area contributed by atoms with Gasteiger partial charge in [-0.1, -0.05) is 24.3 Å². The van der Waals surface area contributed by atoms with Gasteiger partial charge in [0.1, 0.15) is 0 Å². The zero-order valence-corrected chi connectivity index (χ0v) is 7.13. The van der Waals surface area contributed by atoms with E-state index in [0.29, 0.717) is 0 Å². The van der Waals surface area contributed by atoms with Gasteiger partial charge < -0.3 is 4.74 Å². The van der Waals surface area contributed by atoms with Crippen molar-refractivity contribution in [3.63, 3.8) is 0 Å². The van der Waals surface area contributed by atoms with Gasteiger partial charge in [0.15, 0.2) is 0 Å². The zero-order chi connectivity index (χ0) is 8.69. The third kappa shape index (κ3) is 8.76. The summed E-state index contributed by atoms with van der Waals surface area (Å²) in [6.07, 6.45) is 6.76. The van der Waals surface area contributed by atoms with Gasteiger partial charge in [-0.3, -0.25) is 0 Å². The summed E-state index contributed by atoms with van der Waals surface area (Å²) in [6.45, 7) is 11.2. The summed E-state index contributed by atoms with van der Waals surface area (Å²) in [5.41, 5.74) is 1.93. The Morgan fingerprint density at radius 2 is 1.36 bits per heavy atom. The molecular formula is C10H14O. The summed E-state index contributed by atoms with van der Waals surface area (Å²) in [5, 5.41) is 0. The van der Waals surface area contributed by atoms with Crippen LogP contribution in [0.4, 0.5) is 0 Å². The largest absolute Gasteiger partial charge is 0.473 e. The van der Waals surface area contributed by atoms with E-state index in [9.17, 15) is 0 Å². The summed E-state index contributed by atoms with van der Waals surface area (Å²) in [7, 11) is 0. The molecule has 0 saturated heterocycles. The summed E-state index contributed by atoms with van der Waals surface area (Å²) in [6, 6.07) is 0. The molecule has 0 N–H and O–H groups in total. The van der Waals surface area contributed by atoms with Gasteiger partial charge >= 0.3 is 0 Å². The van der Waals surface area contributed by atoms with Gasteiger partial charge in [0, 0.05) is 0 Å². The average molecular weight is 150 g/mol. The average Bonchev–Trinajstić information content (AvgIpc) is 1.85. The molecule has 0 rings (SSSR count). The minimum atomic E-state index is 0.966. The van der Waals surface area contributed by atoms with Crippen LogP contribution in [0, 0.1) is 0 Å². The second-order valence-electron chi connectivity index (χ2n) is 2.43. The standard InChI is InChI=1S/C10H14O/c1-9(2)5-7-11-8-6-10(3)4/h5-8H,1,3H2,2,4H3/b7-5+,8-6+. The van der Waals surface area contributed by atoms with Crippen LogP contribution in [0.5, 0.6) is 0 Å². The second kappa shape index (κ2) is 5.54. The molecule has 11 heavy (non-hydrogen) atoms. The predicted octanol–water partition coefficient (Wildman–Crippen LogP) is 3.18. The van der Waals surface area contributed by atoms with Crippen LogP contribution < -0.4 is 0 Å². The summed E-state index contributed by atoms with van der Waals surface area (Å²) >= 11 is 0. The number of rotatable bonds is 4. The summed E-state index contributed by atoms with van der Waals surface area (Å²) in [4.78, 5) is 0. The first-order chi connectivity index (χ1) is 5.13. The van der Waals surface area contributed by atoms with Gasteiger partial charge in [-0.2, -0.15) is 0 Å². The van der Waals surface area contributed by atoms with Crippen molar-refractivity contribution in [3.8, 4) is 0 Å². The van der Waals surface area contributed by atoms with Crippen molar-refractivity contribution in [3.05, 3.63) is 49.0 Å². The van der Waals surface area contributed by atoms with E-state index < -0.39 is 0 Å². The second-order valence-corrected chi connectivity index (χ2v) is 2.43. The Bertz CT molecular complexity index is 175. The molecular weight excluding hydrogens is 136 g/mol. The van der Waals surface area contributed by atoms with E-state index in [1.807, 2.05) is 13.8 Å². The lowest BCUT2D eigenvalue weighted by atomic mass is 10.3. The molecule has 0 spiro atoms. The van der Waals surface area contributed by atoms with Crippen molar-refractivity contribution in [2.75, 3.05) is 0 Å². The quantitative estimate of drug-likeness (QED) is 0.441. The van der Waals surface area contributed by atoms with Gasteiger partial charge in [0.05, 0.1) is 12.5 Å². The van der Waals surface area contributed by atoms with Crippen LogP contribution in [0.1, 0.15) is 13.8 Å². The van der Waals surface area contributed by atoms with Crippen molar-refractivity contribution in [2.24, 2.45) is 0 Å². The van der Waals surface area contributed by atoms with Crippen LogP contribution in [-0.4, -0.2) is 0 Å². The first kappa shape index (κ1) is 9.76. The Hall–Kier alpha value is -1.24. The number of ether oxygens (including phenoxy) is 1. The normalized spacial score (nSPS) is 10.7. The van der Waals surface area contributed by atoms with Crippen LogP contribution in [-0.2, 0) is 4.74 Å². The van der Waals surface area contributed by atoms with E-state index in [1.54, 1.807) is 24.7 Å². The molecule has 0 bridgehead atoms. The highest BCUT2D eigenvalue weighted by Gasteiger charge is 1.73. The van der Waals surface area contributed by atoms with E-state index in [1.165, 1.54) is 0 Å². The van der Waals surface area contributed by atoms with Crippen LogP contribution in [0.25, 0.3) is 0 Å². The first-order valence-corrected chi connectivity index (χ1v) is 3.42. The molecule has 1 heteroatoms. The minimum absolute atomic E-state index is 0.966. The summed E-state index contributed by atoms with van der Waals surface area (Å²) < 4.78 is 4.97. The third-order valence-electron chi connectivity index (χ3n) is 0.862. The Kier molecular flexibility index (Phi) is 4.91. The highest BCUT2D eigenvalue weighted by molar-refractivity contribution is 5.11. The van der Waals surface area contributed by atoms with Crippen molar-refractivity contribution in [1.82, 2.24) is 0 Å². The van der Waals surface area contributed by atoms with Crippen molar-refractivity contribution < 1.29 is 4.74 Å². The molecule has 0 aromatic rings. The summed E-state index contributed by atoms with van der Waals surface area (Å²) in [5.74, 6) is 0. The molecule has 0 amide bonds. The number of hydrogen-bond acceptors (Lipinski definition) is 1. The Balaban J connectivity index is 3.57. The molecule has 0 aliphatic rings. The molecule has 0 aliphatic heterocycles. The fourth-order valence-corrected chi connectivity index (χ4v) is 0.356. The first-order valence-electron chi connectivity index (χ1n) is 3.42. The number of allylic oxidation sites excluding steroid dienone is 4. The molecule has 0 fully saturated rings. The van der Waals surface area contributed by atoms with Gasteiger partial charge in [0.2, 0.25) is 0 Å². The lowest BCUT2D eigenvalue weighted by molar-refractivity contribution is 0.402. The van der Waals surface area contributed by atoms with Crippen LogP contribution in [0.2, 0.25) is 0 Å². The lowest BCUT2D eigenvalue weighted by Gasteiger charge is -1.89. The van der Waals surface area contributed by atoms with Gasteiger partial charge in [-0.05, 0) is 26.0 Å². The SMILES string of the molecule is C=C(C)/C=C/O/C=C/C(=C)C. The predicted molar refractivity (Wildman–Crippen MR) is 49.0 cm³/mol. The third-order valence-corrected chi connectivity index (χ3v) is 0.862. The Morgan fingerprint density at radius 3 is 1.64 bits per heavy atom. The molecule has 0 aromatic heterocycles. The molecule has 0 unspecified atom stereocenters. The van der Waals surface area contributed by atoms with E-state index in [0.717, 1.165) is 11.1 Å². The molecule has 1 nitrogen and oxygen atoms in total. The van der Waals surface area contributed by atoms with Crippen LogP contribution in [0.15, 0.2) is 49.0 Å². The van der Waals surface area contributed by atoms with Crippen LogP contribution >= 0.6 is 0 Å². The molecule has 0 saturated carbocycles. The Labute approximate surface area is 68.4 Å². The fraction of sp³-hybridized carbons (Fsp3) is 0.200. The lowest BCUT2D eigenvalue weighted by Crippen LogP contribution is -1.68. The highest BCUT2D eigenvalue weighted by Crippen LogP contribution is 1.92. The molecule has 0 aliphatic carbocycles. The molecule has 0 radical (unpaired) electrons. The minimum Gasteiger partial charge on any atom is -0.473 e. The monoisotopic (exact) mass is 150 g/mol. The molecule has 0 heterocycles.